The van der Waals surface area contributed by atoms with Crippen molar-refractivity contribution in [2.75, 3.05) is 13.2 Å². The van der Waals surface area contributed by atoms with Gasteiger partial charge in [-0.05, 0) is 25.2 Å². The second-order valence-corrected chi connectivity index (χ2v) is 18.6. The highest BCUT2D eigenvalue weighted by Crippen LogP contribution is 2.17. The average Bonchev–Trinajstić information content (AvgIpc) is 3.22. The summed E-state index contributed by atoms with van der Waals surface area (Å²) < 4.78 is 16.8. The highest BCUT2D eigenvalue weighted by molar-refractivity contribution is 5.71. The van der Waals surface area contributed by atoms with Gasteiger partial charge in [0.05, 0.1) is 0 Å². The predicted molar refractivity (Wildman–Crippen MR) is 252 cm³/mol. The Bertz CT molecular complexity index is 887. The highest BCUT2D eigenvalue weighted by atomic mass is 16.6. The molecule has 0 saturated carbocycles. The number of ether oxygens (including phenoxy) is 3. The molecule has 0 aromatic heterocycles. The van der Waals surface area contributed by atoms with E-state index in [1.54, 1.807) is 0 Å². The van der Waals surface area contributed by atoms with E-state index in [4.69, 9.17) is 14.2 Å². The summed E-state index contributed by atoms with van der Waals surface area (Å²) in [4.78, 5) is 37.9. The van der Waals surface area contributed by atoms with E-state index in [9.17, 15) is 14.4 Å². The van der Waals surface area contributed by atoms with Gasteiger partial charge in [-0.3, -0.25) is 14.4 Å². The minimum absolute atomic E-state index is 0.0627. The van der Waals surface area contributed by atoms with Crippen LogP contribution in [0, 0.1) is 5.92 Å². The zero-order valence-electron chi connectivity index (χ0n) is 40.2. The van der Waals surface area contributed by atoms with Crippen LogP contribution < -0.4 is 0 Å². The van der Waals surface area contributed by atoms with Crippen LogP contribution in [0.25, 0.3) is 0 Å². The van der Waals surface area contributed by atoms with Gasteiger partial charge in [0, 0.05) is 19.3 Å². The van der Waals surface area contributed by atoms with Crippen LogP contribution in [0.2, 0.25) is 0 Å². The summed E-state index contributed by atoms with van der Waals surface area (Å²) >= 11 is 0. The molecule has 6 heteroatoms. The normalized spacial score (nSPS) is 11.9. The number of rotatable bonds is 48. The van der Waals surface area contributed by atoms with Crippen molar-refractivity contribution in [3.8, 4) is 0 Å². The lowest BCUT2D eigenvalue weighted by molar-refractivity contribution is -0.167. The summed E-state index contributed by atoms with van der Waals surface area (Å²) in [7, 11) is 0. The molecular weight excluding hydrogens is 733 g/mol. The molecule has 0 aliphatic rings. The fourth-order valence-corrected chi connectivity index (χ4v) is 8.04. The zero-order valence-corrected chi connectivity index (χ0v) is 40.2. The van der Waals surface area contributed by atoms with Crippen LogP contribution in [0.1, 0.15) is 297 Å². The Kier molecular flexibility index (Phi) is 46.2. The molecule has 6 nitrogen and oxygen atoms in total. The molecule has 350 valence electrons. The van der Waals surface area contributed by atoms with E-state index in [-0.39, 0.29) is 31.1 Å². The second kappa shape index (κ2) is 47.5. The van der Waals surface area contributed by atoms with Crippen LogP contribution in [0.4, 0.5) is 0 Å². The summed E-state index contributed by atoms with van der Waals surface area (Å²) in [6.07, 6.45) is 49.4. The van der Waals surface area contributed by atoms with E-state index in [1.165, 1.54) is 193 Å². The van der Waals surface area contributed by atoms with Gasteiger partial charge in [-0.1, -0.05) is 259 Å². The molecule has 0 aliphatic carbocycles. The quantitative estimate of drug-likeness (QED) is 0.0345. The minimum Gasteiger partial charge on any atom is -0.462 e. The van der Waals surface area contributed by atoms with Crippen LogP contribution >= 0.6 is 0 Å². The Hall–Kier alpha value is -1.59. The summed E-state index contributed by atoms with van der Waals surface area (Å²) in [5.74, 6) is -0.0258. The van der Waals surface area contributed by atoms with Crippen molar-refractivity contribution in [1.29, 1.82) is 0 Å². The van der Waals surface area contributed by atoms with Gasteiger partial charge in [-0.2, -0.15) is 0 Å². The highest BCUT2D eigenvalue weighted by Gasteiger charge is 2.19. The van der Waals surface area contributed by atoms with Crippen molar-refractivity contribution >= 4 is 17.9 Å². The number of esters is 3. The Labute approximate surface area is 368 Å². The Morgan fingerprint density at radius 3 is 0.831 bits per heavy atom. The maximum atomic E-state index is 12.8. The standard InChI is InChI=1S/C53H102O6/c1-5-7-9-11-13-15-17-18-19-20-21-22-24-28-32-36-40-44-51(54)57-47-50(59-53(56)46-42-38-34-30-23-16-14-12-10-8-6-2)48-58-52(55)45-41-37-33-29-26-25-27-31-35-39-43-49(3)4/h49-50H,5-48H2,1-4H3/t50-/m1/s1. The maximum Gasteiger partial charge on any atom is 0.306 e. The summed E-state index contributed by atoms with van der Waals surface area (Å²) in [6.45, 7) is 9.01. The SMILES string of the molecule is CCCCCCCCCCCCCCCCCCCC(=O)OC[C@H](COC(=O)CCCCCCCCCCCCC(C)C)OC(=O)CCCCCCCCCCCCC. The molecule has 0 heterocycles. The summed E-state index contributed by atoms with van der Waals surface area (Å²) in [5.41, 5.74) is 0. The van der Waals surface area contributed by atoms with Crippen LogP contribution in [0.3, 0.4) is 0 Å². The van der Waals surface area contributed by atoms with Gasteiger partial charge >= 0.3 is 17.9 Å². The third kappa shape index (κ3) is 47.3. The van der Waals surface area contributed by atoms with Crippen LogP contribution in [0.15, 0.2) is 0 Å². The van der Waals surface area contributed by atoms with E-state index < -0.39 is 6.10 Å². The lowest BCUT2D eigenvalue weighted by Gasteiger charge is -2.18. The topological polar surface area (TPSA) is 78.9 Å². The Balaban J connectivity index is 4.26. The van der Waals surface area contributed by atoms with Crippen LogP contribution in [-0.2, 0) is 28.6 Å². The molecule has 0 N–H and O–H groups in total. The summed E-state index contributed by atoms with van der Waals surface area (Å²) in [6, 6.07) is 0. The van der Waals surface area contributed by atoms with Gasteiger partial charge in [0.15, 0.2) is 6.10 Å². The van der Waals surface area contributed by atoms with Crippen molar-refractivity contribution in [3.05, 3.63) is 0 Å². The minimum atomic E-state index is -0.760. The smallest absolute Gasteiger partial charge is 0.306 e. The molecule has 1 atom stereocenters. The van der Waals surface area contributed by atoms with Crippen LogP contribution in [-0.4, -0.2) is 37.2 Å². The molecule has 0 rings (SSSR count). The number of unbranched alkanes of at least 4 members (excludes halogenated alkanes) is 35. The predicted octanol–water partition coefficient (Wildman–Crippen LogP) is 17.1. The second-order valence-electron chi connectivity index (χ2n) is 18.6. The number of hydrogen-bond acceptors (Lipinski definition) is 6. The lowest BCUT2D eigenvalue weighted by atomic mass is 10.0. The molecular formula is C53H102O6. The maximum absolute atomic E-state index is 12.8. The van der Waals surface area contributed by atoms with Gasteiger partial charge in [0.1, 0.15) is 13.2 Å². The fraction of sp³-hybridized carbons (Fsp3) is 0.943. The molecule has 0 aliphatic heterocycles. The molecule has 0 radical (unpaired) electrons. The van der Waals surface area contributed by atoms with Crippen molar-refractivity contribution in [3.63, 3.8) is 0 Å². The van der Waals surface area contributed by atoms with Gasteiger partial charge in [0.25, 0.3) is 0 Å². The van der Waals surface area contributed by atoms with E-state index in [1.807, 2.05) is 0 Å². The molecule has 0 amide bonds. The van der Waals surface area contributed by atoms with Gasteiger partial charge < -0.3 is 14.2 Å². The average molecular weight is 835 g/mol. The number of carbonyl (C=O) groups excluding carboxylic acids is 3. The molecule has 0 saturated heterocycles. The molecule has 0 bridgehead atoms. The fourth-order valence-electron chi connectivity index (χ4n) is 8.04. The van der Waals surface area contributed by atoms with Gasteiger partial charge in [-0.25, -0.2) is 0 Å². The van der Waals surface area contributed by atoms with Crippen molar-refractivity contribution in [2.45, 2.75) is 303 Å². The molecule has 0 spiro atoms. The molecule has 0 fully saturated rings. The first kappa shape index (κ1) is 57.4. The third-order valence-electron chi connectivity index (χ3n) is 12.0. The lowest BCUT2D eigenvalue weighted by Crippen LogP contribution is -2.30. The molecule has 0 aromatic carbocycles. The van der Waals surface area contributed by atoms with E-state index in [0.29, 0.717) is 19.3 Å². The van der Waals surface area contributed by atoms with Crippen molar-refractivity contribution in [1.82, 2.24) is 0 Å². The number of carbonyl (C=O) groups is 3. The van der Waals surface area contributed by atoms with E-state index >= 15 is 0 Å². The van der Waals surface area contributed by atoms with Crippen molar-refractivity contribution in [2.24, 2.45) is 5.92 Å². The van der Waals surface area contributed by atoms with E-state index in [2.05, 4.69) is 27.7 Å². The Morgan fingerprint density at radius 1 is 0.322 bits per heavy atom. The first-order chi connectivity index (χ1) is 28.9. The van der Waals surface area contributed by atoms with Gasteiger partial charge in [0.2, 0.25) is 0 Å². The monoisotopic (exact) mass is 835 g/mol. The first-order valence-electron chi connectivity index (χ1n) is 26.4. The Morgan fingerprint density at radius 2 is 0.559 bits per heavy atom. The molecule has 0 unspecified atom stereocenters. The van der Waals surface area contributed by atoms with Gasteiger partial charge in [-0.15, -0.1) is 0 Å². The molecule has 0 aromatic rings. The molecule has 59 heavy (non-hydrogen) atoms. The van der Waals surface area contributed by atoms with Crippen LogP contribution in [0.5, 0.6) is 0 Å². The first-order valence-corrected chi connectivity index (χ1v) is 26.4. The zero-order chi connectivity index (χ0) is 43.1. The summed E-state index contributed by atoms with van der Waals surface area (Å²) in [5, 5.41) is 0. The third-order valence-corrected chi connectivity index (χ3v) is 12.0. The van der Waals surface area contributed by atoms with E-state index in [0.717, 1.165) is 63.7 Å². The van der Waals surface area contributed by atoms with Crippen molar-refractivity contribution < 1.29 is 28.6 Å². The number of hydrogen-bond donors (Lipinski definition) is 0. The largest absolute Gasteiger partial charge is 0.462 e.